The van der Waals surface area contributed by atoms with Gasteiger partial charge < -0.3 is 10.6 Å². The summed E-state index contributed by atoms with van der Waals surface area (Å²) in [5.74, 6) is 0.165. The normalized spacial score (nSPS) is 20.1. The van der Waals surface area contributed by atoms with E-state index < -0.39 is 36.0 Å². The molecule has 1 fully saturated rings. The van der Waals surface area contributed by atoms with Crippen LogP contribution in [0.3, 0.4) is 0 Å². The number of Topliss-reactive ketones (excluding diaryl/α,β-unsaturated/α-hetero) is 1. The zero-order valence-electron chi connectivity index (χ0n) is 17.7. The first-order chi connectivity index (χ1) is 15.5. The Labute approximate surface area is 188 Å². The molecule has 1 saturated heterocycles. The van der Waals surface area contributed by atoms with Crippen LogP contribution in [-0.2, 0) is 0 Å². The molecule has 2 aromatic heterocycles. The molecule has 3 N–H and O–H groups in total. The number of terminal acetylenes is 1. The van der Waals surface area contributed by atoms with Gasteiger partial charge in [-0.15, -0.1) is 6.42 Å². The fourth-order valence-electron chi connectivity index (χ4n) is 3.97. The number of nitrogens with two attached hydrogens (primary N) is 1. The van der Waals surface area contributed by atoms with Crippen LogP contribution in [0.1, 0.15) is 35.8 Å². The Morgan fingerprint density at radius 3 is 2.82 bits per heavy atom. The van der Waals surface area contributed by atoms with Crippen molar-refractivity contribution in [2.75, 3.05) is 28.2 Å². The van der Waals surface area contributed by atoms with E-state index in [4.69, 9.17) is 12.2 Å². The van der Waals surface area contributed by atoms with Gasteiger partial charge in [-0.2, -0.15) is 13.2 Å². The maximum atomic E-state index is 13.3. The first-order valence-electron chi connectivity index (χ1n) is 10.2. The number of carbonyl (C=O) groups is 2. The highest BCUT2D eigenvalue weighted by Crippen LogP contribution is 2.42. The average Bonchev–Trinajstić information content (AvgIpc) is 3.10. The van der Waals surface area contributed by atoms with E-state index in [9.17, 15) is 22.8 Å². The van der Waals surface area contributed by atoms with Crippen LogP contribution in [0.2, 0.25) is 0 Å². The molecule has 0 spiro atoms. The molecule has 0 aliphatic carbocycles. The smallest absolute Gasteiger partial charge is 0.365 e. The second kappa shape index (κ2) is 8.04. The van der Waals surface area contributed by atoms with Gasteiger partial charge in [0.1, 0.15) is 17.2 Å². The van der Waals surface area contributed by atoms with Crippen LogP contribution in [0.25, 0.3) is 0 Å². The molecule has 2 aliphatic rings. The highest BCUT2D eigenvalue weighted by atomic mass is 19.4. The summed E-state index contributed by atoms with van der Waals surface area (Å²) >= 11 is 0. The van der Waals surface area contributed by atoms with Gasteiger partial charge in [0, 0.05) is 31.1 Å². The van der Waals surface area contributed by atoms with Crippen LogP contribution < -0.4 is 20.9 Å². The molecular formula is C22H21F3N6O2. The average molecular weight is 458 g/mol. The molecule has 0 unspecified atom stereocenters. The lowest BCUT2D eigenvalue weighted by Gasteiger charge is -2.42. The largest absolute Gasteiger partial charge is 0.391 e. The van der Waals surface area contributed by atoms with Crippen LogP contribution in [0, 0.1) is 18.3 Å². The van der Waals surface area contributed by atoms with Crippen LogP contribution in [0.15, 0.2) is 30.5 Å². The number of amides is 2. The molecule has 2 bridgehead atoms. The molecule has 4 rings (SSSR count). The minimum atomic E-state index is -4.50. The Morgan fingerprint density at radius 1 is 1.36 bits per heavy atom. The zero-order chi connectivity index (χ0) is 24.0. The van der Waals surface area contributed by atoms with Gasteiger partial charge in [0.25, 0.3) is 0 Å². The summed E-state index contributed by atoms with van der Waals surface area (Å²) in [5.41, 5.74) is 6.33. The number of hydrogen-bond donors (Lipinski definition) is 2. The molecule has 2 atom stereocenters. The highest BCUT2D eigenvalue weighted by molar-refractivity contribution is 6.05. The van der Waals surface area contributed by atoms with E-state index in [1.165, 1.54) is 23.2 Å². The topological polar surface area (TPSA) is 104 Å². The summed E-state index contributed by atoms with van der Waals surface area (Å²) in [6, 6.07) is 5.43. The highest BCUT2D eigenvalue weighted by Gasteiger charge is 2.50. The lowest BCUT2D eigenvalue weighted by Crippen LogP contribution is -2.63. The number of anilines is 3. The fraction of sp³-hybridized carbons (Fsp3) is 0.364. The lowest BCUT2D eigenvalue weighted by molar-refractivity contribution is -0.168. The number of nitrogens with one attached hydrogen (secondary N) is 1. The Kier molecular flexibility index (Phi) is 5.49. The van der Waals surface area contributed by atoms with Crippen molar-refractivity contribution in [3.8, 4) is 12.3 Å². The number of fused-ring (bicyclic) bond motifs is 4. The lowest BCUT2D eigenvalue weighted by atomic mass is 10.0. The number of halogens is 3. The third kappa shape index (κ3) is 4.21. The molecule has 2 aromatic rings. The monoisotopic (exact) mass is 458 g/mol. The fourth-order valence-corrected chi connectivity index (χ4v) is 3.97. The van der Waals surface area contributed by atoms with Gasteiger partial charge >= 0.3 is 12.2 Å². The number of carbonyl (C=O) groups excluding carboxylic acids is 2. The number of alkyl halides is 3. The quantitative estimate of drug-likeness (QED) is 0.539. The second-order valence-corrected chi connectivity index (χ2v) is 8.22. The molecule has 11 heteroatoms. The predicted molar refractivity (Wildman–Crippen MR) is 116 cm³/mol. The van der Waals surface area contributed by atoms with Crippen LogP contribution in [-0.4, -0.2) is 46.7 Å². The van der Waals surface area contributed by atoms with E-state index in [1.54, 1.807) is 12.1 Å². The number of rotatable bonds is 4. The number of pyridine rings is 2. The number of urea groups is 1. The van der Waals surface area contributed by atoms with Gasteiger partial charge in [0.05, 0.1) is 18.2 Å². The Bertz CT molecular complexity index is 1160. The third-order valence-electron chi connectivity index (χ3n) is 5.83. The van der Waals surface area contributed by atoms with Crippen molar-refractivity contribution in [1.82, 2.24) is 9.97 Å². The molecular weight excluding hydrogens is 437 g/mol. The van der Waals surface area contributed by atoms with E-state index in [1.807, 2.05) is 4.90 Å². The molecule has 2 aliphatic heterocycles. The number of nitrogens with zero attached hydrogens (tertiary/aromatic N) is 4. The Balaban J connectivity index is 1.67. The summed E-state index contributed by atoms with van der Waals surface area (Å²) in [5, 5.41) is 2.64. The van der Waals surface area contributed by atoms with Crippen molar-refractivity contribution < 1.29 is 22.8 Å². The van der Waals surface area contributed by atoms with Gasteiger partial charge in [-0.3, -0.25) is 15.0 Å². The Morgan fingerprint density at radius 2 is 2.12 bits per heavy atom. The van der Waals surface area contributed by atoms with Gasteiger partial charge in [-0.1, -0.05) is 12.8 Å². The van der Waals surface area contributed by atoms with Crippen molar-refractivity contribution >= 4 is 29.1 Å². The molecule has 2 amide bonds. The summed E-state index contributed by atoms with van der Waals surface area (Å²) in [6.07, 6.45) is 2.03. The van der Waals surface area contributed by atoms with Crippen molar-refractivity contribution in [1.29, 1.82) is 0 Å². The molecule has 8 nitrogen and oxygen atoms in total. The van der Waals surface area contributed by atoms with Crippen molar-refractivity contribution in [3.63, 3.8) is 0 Å². The van der Waals surface area contributed by atoms with Crippen LogP contribution >= 0.6 is 0 Å². The summed E-state index contributed by atoms with van der Waals surface area (Å²) in [7, 11) is 0. The maximum Gasteiger partial charge on any atom is 0.391 e. The SMILES string of the molecule is C#Cc1ccnc(NC(=O)N2c3nc(C(=O)C[C@H](C)C(F)(F)F)ccc3N3CC[C@@]2(N)C3)c1. The molecule has 33 heavy (non-hydrogen) atoms. The molecule has 0 aromatic carbocycles. The third-order valence-corrected chi connectivity index (χ3v) is 5.83. The summed E-state index contributed by atoms with van der Waals surface area (Å²) < 4.78 is 38.7. The standard InChI is InChI=1S/C22H21F3N6O2/c1-3-14-6-8-27-18(11-14)29-20(33)31-19-16(30-9-7-21(31,26)12-30)5-4-15(28-19)17(32)10-13(2)22(23,24)25/h1,4-6,8,11,13H,7,9-10,12,26H2,2H3,(H,27,29,33)/t13-,21-/m0/s1. The maximum absolute atomic E-state index is 13.3. The Hall–Kier alpha value is -3.65. The number of ketones is 1. The number of aromatic nitrogens is 2. The predicted octanol–water partition coefficient (Wildman–Crippen LogP) is 3.15. The first kappa shape index (κ1) is 22.5. The van der Waals surface area contributed by atoms with Crippen LogP contribution in [0.5, 0.6) is 0 Å². The van der Waals surface area contributed by atoms with E-state index in [-0.39, 0.29) is 17.3 Å². The summed E-state index contributed by atoms with van der Waals surface area (Å²) in [4.78, 5) is 37.3. The van der Waals surface area contributed by atoms with Crippen molar-refractivity contribution in [2.45, 2.75) is 31.6 Å². The second-order valence-electron chi connectivity index (χ2n) is 8.22. The van der Waals surface area contributed by atoms with Crippen molar-refractivity contribution in [2.24, 2.45) is 11.7 Å². The van der Waals surface area contributed by atoms with E-state index >= 15 is 0 Å². The van der Waals surface area contributed by atoms with Gasteiger partial charge in [-0.05, 0) is 24.3 Å². The summed E-state index contributed by atoms with van der Waals surface area (Å²) in [6.45, 7) is 1.83. The van der Waals surface area contributed by atoms with Gasteiger partial charge in [0.15, 0.2) is 11.6 Å². The molecule has 172 valence electrons. The first-order valence-corrected chi connectivity index (χ1v) is 10.2. The molecule has 0 saturated carbocycles. The molecule has 0 radical (unpaired) electrons. The van der Waals surface area contributed by atoms with Gasteiger partial charge in [-0.25, -0.2) is 14.8 Å². The van der Waals surface area contributed by atoms with E-state index in [2.05, 4.69) is 21.2 Å². The number of hydrogen-bond acceptors (Lipinski definition) is 6. The van der Waals surface area contributed by atoms with E-state index in [0.717, 1.165) is 6.92 Å². The molecule has 4 heterocycles. The van der Waals surface area contributed by atoms with E-state index in [0.29, 0.717) is 30.8 Å². The minimum Gasteiger partial charge on any atom is -0.365 e. The minimum absolute atomic E-state index is 0.109. The van der Waals surface area contributed by atoms with Crippen molar-refractivity contribution in [3.05, 3.63) is 41.7 Å². The zero-order valence-corrected chi connectivity index (χ0v) is 17.7. The van der Waals surface area contributed by atoms with Gasteiger partial charge in [0.2, 0.25) is 0 Å². The van der Waals surface area contributed by atoms with Crippen LogP contribution in [0.4, 0.5) is 35.3 Å².